The molecule has 0 radical (unpaired) electrons. The number of aryl methyl sites for hydroxylation is 1. The number of carbonyl (C=O) groups is 2. The van der Waals surface area contributed by atoms with E-state index in [9.17, 15) is 18.0 Å². The summed E-state index contributed by atoms with van der Waals surface area (Å²) in [5.41, 5.74) is 1.22. The zero-order valence-electron chi connectivity index (χ0n) is 23.9. The van der Waals surface area contributed by atoms with Gasteiger partial charge in [-0.2, -0.15) is 0 Å². The summed E-state index contributed by atoms with van der Waals surface area (Å²) in [7, 11) is -2.85. The predicted molar refractivity (Wildman–Crippen MR) is 166 cm³/mol. The Labute approximate surface area is 255 Å². The normalized spacial score (nSPS) is 12.4. The van der Waals surface area contributed by atoms with Crippen LogP contribution in [0.3, 0.4) is 0 Å². The molecule has 0 saturated heterocycles. The number of amides is 2. The van der Waals surface area contributed by atoms with Crippen LogP contribution in [0, 0.1) is 6.92 Å². The lowest BCUT2D eigenvalue weighted by Crippen LogP contribution is -2.54. The Hall–Kier alpha value is -3.08. The van der Waals surface area contributed by atoms with Gasteiger partial charge in [-0.15, -0.1) is 0 Å². The standard InChI is InChI=1S/C30H35BrClN3O5S/c1-20-7-14-25(15-8-20)41(38,39)35(26-17-24(32)13-16-27(26)40-6)19-28(36)34(18-22-9-11-23(31)12-10-22)21(2)29(37)33-30(3,4)5/h7-17,21H,18-19H2,1-6H3,(H,33,37)/t21-/m1/s1. The Balaban J connectivity index is 2.10. The molecule has 0 aromatic heterocycles. The number of rotatable bonds is 10. The van der Waals surface area contributed by atoms with Gasteiger partial charge in [0.25, 0.3) is 10.0 Å². The number of benzene rings is 3. The van der Waals surface area contributed by atoms with Crippen molar-refractivity contribution in [1.29, 1.82) is 0 Å². The van der Waals surface area contributed by atoms with Crippen LogP contribution in [0.2, 0.25) is 5.02 Å². The first-order valence-corrected chi connectivity index (χ1v) is 15.5. The summed E-state index contributed by atoms with van der Waals surface area (Å²) in [6.07, 6.45) is 0. The number of nitrogens with one attached hydrogen (secondary N) is 1. The Kier molecular flexibility index (Phi) is 10.5. The maximum atomic E-state index is 14.1. The van der Waals surface area contributed by atoms with Gasteiger partial charge in [0.15, 0.2) is 0 Å². The quantitative estimate of drug-likeness (QED) is 0.289. The van der Waals surface area contributed by atoms with E-state index in [0.29, 0.717) is 0 Å². The summed E-state index contributed by atoms with van der Waals surface area (Å²) in [6.45, 7) is 8.49. The molecule has 0 aliphatic rings. The van der Waals surface area contributed by atoms with Crippen LogP contribution in [-0.2, 0) is 26.2 Å². The number of halogens is 2. The number of anilines is 1. The number of methoxy groups -OCH3 is 1. The molecular formula is C30H35BrClN3O5S. The highest BCUT2D eigenvalue weighted by molar-refractivity contribution is 9.10. The molecule has 1 atom stereocenters. The fourth-order valence-electron chi connectivity index (χ4n) is 4.05. The van der Waals surface area contributed by atoms with Crippen LogP contribution in [0.25, 0.3) is 0 Å². The van der Waals surface area contributed by atoms with E-state index >= 15 is 0 Å². The molecule has 0 aliphatic heterocycles. The highest BCUT2D eigenvalue weighted by Crippen LogP contribution is 2.35. The molecule has 3 aromatic rings. The van der Waals surface area contributed by atoms with Crippen LogP contribution in [-0.4, -0.2) is 50.4 Å². The van der Waals surface area contributed by atoms with Gasteiger partial charge in [0.05, 0.1) is 17.7 Å². The van der Waals surface area contributed by atoms with Crippen LogP contribution in [0.5, 0.6) is 5.75 Å². The molecule has 11 heteroatoms. The van der Waals surface area contributed by atoms with Gasteiger partial charge in [-0.25, -0.2) is 8.42 Å². The second kappa shape index (κ2) is 13.3. The molecule has 0 fully saturated rings. The lowest BCUT2D eigenvalue weighted by atomic mass is 10.1. The third-order valence-corrected chi connectivity index (χ3v) is 8.77. The Bertz CT molecular complexity index is 1490. The molecule has 1 N–H and O–H groups in total. The van der Waals surface area contributed by atoms with E-state index in [4.69, 9.17) is 16.3 Å². The first-order chi connectivity index (χ1) is 19.1. The minimum Gasteiger partial charge on any atom is -0.495 e. The first-order valence-electron chi connectivity index (χ1n) is 12.9. The van der Waals surface area contributed by atoms with E-state index in [-0.39, 0.29) is 33.8 Å². The van der Waals surface area contributed by atoms with Crippen molar-refractivity contribution >= 4 is 55.1 Å². The minimum atomic E-state index is -4.26. The van der Waals surface area contributed by atoms with Crippen LogP contribution in [0.4, 0.5) is 5.69 Å². The maximum Gasteiger partial charge on any atom is 0.264 e. The van der Waals surface area contributed by atoms with Gasteiger partial charge in [-0.1, -0.05) is 57.4 Å². The molecule has 3 rings (SSSR count). The summed E-state index contributed by atoms with van der Waals surface area (Å²) < 4.78 is 35.4. The maximum absolute atomic E-state index is 14.1. The highest BCUT2D eigenvalue weighted by atomic mass is 79.9. The molecule has 0 unspecified atom stereocenters. The summed E-state index contributed by atoms with van der Waals surface area (Å²) in [5, 5.41) is 3.18. The van der Waals surface area contributed by atoms with Crippen LogP contribution < -0.4 is 14.4 Å². The van der Waals surface area contributed by atoms with E-state index in [0.717, 1.165) is 19.9 Å². The van der Waals surface area contributed by atoms with Gasteiger partial charge in [0.2, 0.25) is 11.8 Å². The molecule has 2 amide bonds. The van der Waals surface area contributed by atoms with Crippen molar-refractivity contribution in [1.82, 2.24) is 10.2 Å². The second-order valence-corrected chi connectivity index (χ2v) is 13.9. The van der Waals surface area contributed by atoms with Crippen LogP contribution in [0.15, 0.2) is 76.1 Å². The van der Waals surface area contributed by atoms with Gasteiger partial charge >= 0.3 is 0 Å². The monoisotopic (exact) mass is 663 g/mol. The molecule has 0 spiro atoms. The number of ether oxygens (including phenoxy) is 1. The zero-order valence-corrected chi connectivity index (χ0v) is 27.1. The SMILES string of the molecule is COc1ccc(Cl)cc1N(CC(=O)N(Cc1ccc(Br)cc1)[C@H](C)C(=O)NC(C)(C)C)S(=O)(=O)c1ccc(C)cc1. The summed E-state index contributed by atoms with van der Waals surface area (Å²) in [4.78, 5) is 28.7. The van der Waals surface area contributed by atoms with Crippen LogP contribution >= 0.6 is 27.5 Å². The smallest absolute Gasteiger partial charge is 0.264 e. The summed E-state index contributed by atoms with van der Waals surface area (Å²) >= 11 is 9.69. The van der Waals surface area contributed by atoms with Gasteiger partial charge < -0.3 is 15.0 Å². The van der Waals surface area contributed by atoms with Crippen molar-refractivity contribution in [2.45, 2.75) is 57.6 Å². The van der Waals surface area contributed by atoms with Crippen LogP contribution in [0.1, 0.15) is 38.8 Å². The van der Waals surface area contributed by atoms with Crippen molar-refractivity contribution in [3.63, 3.8) is 0 Å². The van der Waals surface area contributed by atoms with Crippen molar-refractivity contribution in [3.05, 3.63) is 87.4 Å². The molecule has 0 bridgehead atoms. The average molecular weight is 665 g/mol. The summed E-state index contributed by atoms with van der Waals surface area (Å²) in [5.74, 6) is -0.727. The lowest BCUT2D eigenvalue weighted by Gasteiger charge is -2.33. The highest BCUT2D eigenvalue weighted by Gasteiger charge is 2.34. The number of sulfonamides is 1. The number of nitrogens with zero attached hydrogens (tertiary/aromatic N) is 2. The number of hydrogen-bond donors (Lipinski definition) is 1. The molecule has 8 nitrogen and oxygen atoms in total. The molecule has 0 saturated carbocycles. The largest absolute Gasteiger partial charge is 0.495 e. The molecular weight excluding hydrogens is 630 g/mol. The molecule has 220 valence electrons. The van der Waals surface area contributed by atoms with Gasteiger partial charge in [0.1, 0.15) is 18.3 Å². The zero-order chi connectivity index (χ0) is 30.5. The van der Waals surface area contributed by atoms with Crippen molar-refractivity contribution in [2.75, 3.05) is 18.0 Å². The third-order valence-electron chi connectivity index (χ3n) is 6.23. The third kappa shape index (κ3) is 8.47. The van der Waals surface area contributed by atoms with E-state index in [1.54, 1.807) is 31.2 Å². The fourth-order valence-corrected chi connectivity index (χ4v) is 5.90. The second-order valence-electron chi connectivity index (χ2n) is 10.7. The van der Waals surface area contributed by atoms with Gasteiger partial charge in [-0.05, 0) is 82.6 Å². The Morgan fingerprint density at radius 1 is 1.02 bits per heavy atom. The molecule has 0 aliphatic carbocycles. The van der Waals surface area contributed by atoms with Crippen molar-refractivity contribution < 1.29 is 22.7 Å². The average Bonchev–Trinajstić information content (AvgIpc) is 2.90. The van der Waals surface area contributed by atoms with E-state index in [1.165, 1.54) is 30.2 Å². The predicted octanol–water partition coefficient (Wildman–Crippen LogP) is 5.95. The molecule has 3 aromatic carbocycles. The Morgan fingerprint density at radius 3 is 2.20 bits per heavy atom. The van der Waals surface area contributed by atoms with Gasteiger partial charge in [-0.3, -0.25) is 13.9 Å². The molecule has 0 heterocycles. The van der Waals surface area contributed by atoms with E-state index in [1.807, 2.05) is 52.0 Å². The number of hydrogen-bond acceptors (Lipinski definition) is 5. The molecule has 41 heavy (non-hydrogen) atoms. The summed E-state index contributed by atoms with van der Waals surface area (Å²) in [6, 6.07) is 17.3. The van der Waals surface area contributed by atoms with E-state index in [2.05, 4.69) is 21.2 Å². The topological polar surface area (TPSA) is 96.0 Å². The van der Waals surface area contributed by atoms with Crippen molar-refractivity contribution in [2.24, 2.45) is 0 Å². The van der Waals surface area contributed by atoms with Crippen molar-refractivity contribution in [3.8, 4) is 5.75 Å². The Morgan fingerprint density at radius 2 is 1.63 bits per heavy atom. The minimum absolute atomic E-state index is 0.00378. The van der Waals surface area contributed by atoms with E-state index < -0.39 is 34.1 Å². The first kappa shape index (κ1) is 32.4. The number of carbonyl (C=O) groups excluding carboxylic acids is 2. The fraction of sp³-hybridized carbons (Fsp3) is 0.333. The lowest BCUT2D eigenvalue weighted by molar-refractivity contribution is -0.140. The van der Waals surface area contributed by atoms with Gasteiger partial charge in [0, 0.05) is 21.6 Å².